The first-order valence-corrected chi connectivity index (χ1v) is 6.72. The van der Waals surface area contributed by atoms with Crippen molar-refractivity contribution in [3.05, 3.63) is 29.3 Å². The zero-order chi connectivity index (χ0) is 11.5. The second-order valence-corrected chi connectivity index (χ2v) is 5.87. The van der Waals surface area contributed by atoms with Crippen molar-refractivity contribution in [3.63, 3.8) is 0 Å². The monoisotopic (exact) mass is 231 g/mol. The minimum atomic E-state index is 0.255. The largest absolute Gasteiger partial charge is 0.198 e. The number of hydrogen-bond donors (Lipinski definition) is 0. The molecule has 0 heterocycles. The summed E-state index contributed by atoms with van der Waals surface area (Å²) in [5.74, 6) is 0.255. The maximum Gasteiger partial charge on any atom is 0.0667 e. The Hall–Kier alpha value is -0.940. The van der Waals surface area contributed by atoms with Gasteiger partial charge in [-0.2, -0.15) is 5.26 Å². The van der Waals surface area contributed by atoms with E-state index in [4.69, 9.17) is 5.26 Å². The van der Waals surface area contributed by atoms with Gasteiger partial charge >= 0.3 is 0 Å². The molecule has 2 atom stereocenters. The third-order valence-corrected chi connectivity index (χ3v) is 4.81. The van der Waals surface area contributed by atoms with Gasteiger partial charge in [0, 0.05) is 10.1 Å². The summed E-state index contributed by atoms with van der Waals surface area (Å²) >= 11 is 1.90. The summed E-state index contributed by atoms with van der Waals surface area (Å²) in [4.78, 5) is 1.35. The molecular formula is C14H17NS. The number of nitriles is 1. The van der Waals surface area contributed by atoms with Crippen LogP contribution in [0.5, 0.6) is 0 Å². The lowest BCUT2D eigenvalue weighted by Crippen LogP contribution is -2.07. The van der Waals surface area contributed by atoms with Crippen LogP contribution in [0.3, 0.4) is 0 Å². The van der Waals surface area contributed by atoms with Crippen LogP contribution in [0.1, 0.15) is 30.4 Å². The van der Waals surface area contributed by atoms with Gasteiger partial charge in [-0.25, -0.2) is 0 Å². The minimum Gasteiger partial charge on any atom is -0.198 e. The van der Waals surface area contributed by atoms with E-state index in [1.165, 1.54) is 28.9 Å². The van der Waals surface area contributed by atoms with Crippen LogP contribution in [0.2, 0.25) is 0 Å². The molecule has 16 heavy (non-hydrogen) atoms. The number of rotatable bonds is 2. The van der Waals surface area contributed by atoms with Gasteiger partial charge < -0.3 is 0 Å². The number of benzene rings is 1. The summed E-state index contributed by atoms with van der Waals surface area (Å²) < 4.78 is 0. The van der Waals surface area contributed by atoms with Gasteiger partial charge in [-0.3, -0.25) is 0 Å². The summed E-state index contributed by atoms with van der Waals surface area (Å²) in [7, 11) is 0. The van der Waals surface area contributed by atoms with E-state index in [1.54, 1.807) is 0 Å². The standard InChI is InChI=1S/C14H17NS/c1-10-6-7-13(11(2)8-10)16-14-5-3-4-12(14)9-15/h6-8,12,14H,3-5H2,1-2H3. The fraction of sp³-hybridized carbons (Fsp3) is 0.500. The highest BCUT2D eigenvalue weighted by Gasteiger charge is 2.28. The third-order valence-electron chi connectivity index (χ3n) is 3.23. The predicted molar refractivity (Wildman–Crippen MR) is 68.5 cm³/mol. The Morgan fingerprint density at radius 3 is 2.81 bits per heavy atom. The maximum absolute atomic E-state index is 9.06. The Morgan fingerprint density at radius 1 is 1.31 bits per heavy atom. The number of thioether (sulfide) groups is 1. The molecule has 0 saturated heterocycles. The van der Waals surface area contributed by atoms with Crippen LogP contribution in [-0.2, 0) is 0 Å². The van der Waals surface area contributed by atoms with Crippen molar-refractivity contribution < 1.29 is 0 Å². The van der Waals surface area contributed by atoms with E-state index in [-0.39, 0.29) is 5.92 Å². The third kappa shape index (κ3) is 2.41. The van der Waals surface area contributed by atoms with Gasteiger partial charge in [-0.05, 0) is 38.3 Å². The summed E-state index contributed by atoms with van der Waals surface area (Å²) in [6.07, 6.45) is 3.48. The molecule has 2 rings (SSSR count). The smallest absolute Gasteiger partial charge is 0.0667 e. The molecule has 2 heteroatoms. The second-order valence-electron chi connectivity index (χ2n) is 4.59. The average Bonchev–Trinajstić information content (AvgIpc) is 2.69. The highest BCUT2D eigenvalue weighted by atomic mass is 32.2. The van der Waals surface area contributed by atoms with E-state index in [0.29, 0.717) is 5.25 Å². The van der Waals surface area contributed by atoms with Crippen LogP contribution in [0.15, 0.2) is 23.1 Å². The summed E-state index contributed by atoms with van der Waals surface area (Å²) in [6, 6.07) is 9.02. The molecule has 1 fully saturated rings. The van der Waals surface area contributed by atoms with Crippen LogP contribution in [-0.4, -0.2) is 5.25 Å². The first-order valence-electron chi connectivity index (χ1n) is 5.84. The SMILES string of the molecule is Cc1ccc(SC2CCCC2C#N)c(C)c1. The van der Waals surface area contributed by atoms with Crippen LogP contribution in [0.25, 0.3) is 0 Å². The molecule has 1 aliphatic carbocycles. The van der Waals surface area contributed by atoms with Crippen molar-refractivity contribution >= 4 is 11.8 Å². The molecule has 0 aromatic heterocycles. The molecule has 1 aliphatic rings. The first kappa shape index (κ1) is 11.5. The Balaban J connectivity index is 2.12. The molecule has 0 aliphatic heterocycles. The average molecular weight is 231 g/mol. The van der Waals surface area contributed by atoms with Crippen molar-refractivity contribution in [3.8, 4) is 6.07 Å². The van der Waals surface area contributed by atoms with Crippen molar-refractivity contribution in [2.75, 3.05) is 0 Å². The summed E-state index contributed by atoms with van der Waals surface area (Å²) in [5, 5.41) is 9.57. The Kier molecular flexibility index (Phi) is 3.56. The van der Waals surface area contributed by atoms with Crippen molar-refractivity contribution in [1.82, 2.24) is 0 Å². The van der Waals surface area contributed by atoms with E-state index < -0.39 is 0 Å². The van der Waals surface area contributed by atoms with Crippen molar-refractivity contribution in [2.24, 2.45) is 5.92 Å². The summed E-state index contributed by atoms with van der Waals surface area (Å²) in [5.41, 5.74) is 2.65. The fourth-order valence-electron chi connectivity index (χ4n) is 2.31. The quantitative estimate of drug-likeness (QED) is 0.765. The summed E-state index contributed by atoms with van der Waals surface area (Å²) in [6.45, 7) is 4.28. The predicted octanol–water partition coefficient (Wildman–Crippen LogP) is 4.09. The van der Waals surface area contributed by atoms with E-state index in [0.717, 1.165) is 6.42 Å². The Bertz CT molecular complexity index is 419. The van der Waals surface area contributed by atoms with E-state index in [1.807, 2.05) is 11.8 Å². The second kappa shape index (κ2) is 4.93. The first-order chi connectivity index (χ1) is 7.70. The van der Waals surface area contributed by atoms with Crippen LogP contribution < -0.4 is 0 Å². The van der Waals surface area contributed by atoms with Gasteiger partial charge in [0.1, 0.15) is 0 Å². The van der Waals surface area contributed by atoms with Crippen molar-refractivity contribution in [1.29, 1.82) is 5.26 Å². The molecule has 0 bridgehead atoms. The van der Waals surface area contributed by atoms with E-state index in [9.17, 15) is 0 Å². The molecule has 1 aromatic rings. The molecule has 84 valence electrons. The number of nitrogens with zero attached hydrogens (tertiary/aromatic N) is 1. The topological polar surface area (TPSA) is 23.8 Å². The van der Waals surface area contributed by atoms with Crippen molar-refractivity contribution in [2.45, 2.75) is 43.3 Å². The zero-order valence-corrected chi connectivity index (χ0v) is 10.7. The van der Waals surface area contributed by atoms with Gasteiger partial charge in [0.15, 0.2) is 0 Å². The lowest BCUT2D eigenvalue weighted by Gasteiger charge is -2.14. The molecule has 0 amide bonds. The van der Waals surface area contributed by atoms with Gasteiger partial charge in [-0.15, -0.1) is 11.8 Å². The normalized spacial score (nSPS) is 24.3. The minimum absolute atomic E-state index is 0.255. The molecule has 2 unspecified atom stereocenters. The Labute approximate surface area is 102 Å². The lowest BCUT2D eigenvalue weighted by molar-refractivity contribution is 0.714. The zero-order valence-electron chi connectivity index (χ0n) is 9.86. The molecular weight excluding hydrogens is 214 g/mol. The van der Waals surface area contributed by atoms with Gasteiger partial charge in [0.25, 0.3) is 0 Å². The fourth-order valence-corrected chi connectivity index (χ4v) is 3.67. The van der Waals surface area contributed by atoms with Gasteiger partial charge in [0.2, 0.25) is 0 Å². The lowest BCUT2D eigenvalue weighted by atomic mass is 10.1. The molecule has 1 nitrogen and oxygen atoms in total. The van der Waals surface area contributed by atoms with Gasteiger partial charge in [-0.1, -0.05) is 24.1 Å². The molecule has 1 aromatic carbocycles. The van der Waals surface area contributed by atoms with Crippen LogP contribution in [0, 0.1) is 31.1 Å². The molecule has 0 spiro atoms. The molecule has 0 N–H and O–H groups in total. The van der Waals surface area contributed by atoms with E-state index >= 15 is 0 Å². The number of hydrogen-bond acceptors (Lipinski definition) is 2. The maximum atomic E-state index is 9.06. The highest BCUT2D eigenvalue weighted by Crippen LogP contribution is 2.39. The van der Waals surface area contributed by atoms with E-state index in [2.05, 4.69) is 38.1 Å². The molecule has 0 radical (unpaired) electrons. The highest BCUT2D eigenvalue weighted by molar-refractivity contribution is 8.00. The van der Waals surface area contributed by atoms with Crippen LogP contribution >= 0.6 is 11.8 Å². The van der Waals surface area contributed by atoms with Crippen LogP contribution in [0.4, 0.5) is 0 Å². The number of aryl methyl sites for hydroxylation is 2. The Morgan fingerprint density at radius 2 is 2.12 bits per heavy atom. The molecule has 1 saturated carbocycles. The van der Waals surface area contributed by atoms with Gasteiger partial charge in [0.05, 0.1) is 12.0 Å².